The lowest BCUT2D eigenvalue weighted by Gasteiger charge is -2.27. The summed E-state index contributed by atoms with van der Waals surface area (Å²) in [5.74, 6) is 0. The number of aromatic nitrogens is 1. The van der Waals surface area contributed by atoms with Crippen LogP contribution in [-0.4, -0.2) is 4.57 Å². The van der Waals surface area contributed by atoms with Crippen molar-refractivity contribution in [3.63, 3.8) is 0 Å². The van der Waals surface area contributed by atoms with Crippen LogP contribution in [0, 0.1) is 0 Å². The van der Waals surface area contributed by atoms with Crippen molar-refractivity contribution in [3.05, 3.63) is 255 Å². The third-order valence-electron chi connectivity index (χ3n) is 12.8. The highest BCUT2D eigenvalue weighted by Gasteiger charge is 2.20. The normalized spacial score (nSPS) is 11.4. The fraction of sp³-hybridized carbons (Fsp3) is 0. The lowest BCUT2D eigenvalue weighted by molar-refractivity contribution is 1.18. The van der Waals surface area contributed by atoms with Gasteiger partial charge in [-0.1, -0.05) is 200 Å². The molecule has 300 valence electrons. The Bertz CT molecular complexity index is 3680. The van der Waals surface area contributed by atoms with Crippen molar-refractivity contribution in [3.8, 4) is 50.2 Å². The Balaban J connectivity index is 1.06. The fourth-order valence-electron chi connectivity index (χ4n) is 9.87. The fourth-order valence-corrected chi connectivity index (χ4v) is 9.87. The summed E-state index contributed by atoms with van der Waals surface area (Å²) in [4.78, 5) is 2.43. The van der Waals surface area contributed by atoms with E-state index in [9.17, 15) is 0 Å². The van der Waals surface area contributed by atoms with Gasteiger partial charge in [0.05, 0.1) is 11.0 Å². The van der Waals surface area contributed by atoms with Crippen molar-refractivity contribution in [2.24, 2.45) is 0 Å². The highest BCUT2D eigenvalue weighted by atomic mass is 15.1. The topological polar surface area (TPSA) is 8.17 Å². The molecule has 0 aliphatic rings. The Hall–Kier alpha value is -8.46. The van der Waals surface area contributed by atoms with Crippen molar-refractivity contribution in [2.45, 2.75) is 0 Å². The molecule has 0 saturated heterocycles. The molecular weight excluding hydrogens is 773 g/mol. The molecule has 2 nitrogen and oxygen atoms in total. The Morgan fingerprint density at radius 1 is 0.250 bits per heavy atom. The molecule has 0 spiro atoms. The molecule has 0 saturated carbocycles. The van der Waals surface area contributed by atoms with Crippen molar-refractivity contribution >= 4 is 60.4 Å². The zero-order chi connectivity index (χ0) is 42.4. The molecule has 1 aromatic heterocycles. The van der Waals surface area contributed by atoms with Gasteiger partial charge >= 0.3 is 0 Å². The van der Waals surface area contributed by atoms with Crippen LogP contribution >= 0.6 is 0 Å². The molecule has 0 atom stereocenters. The minimum Gasteiger partial charge on any atom is -0.310 e. The second-order valence-corrected chi connectivity index (χ2v) is 16.5. The molecular formula is C62H42N2. The summed E-state index contributed by atoms with van der Waals surface area (Å²) in [7, 11) is 0. The molecule has 0 bridgehead atoms. The summed E-state index contributed by atoms with van der Waals surface area (Å²) in [6.07, 6.45) is 0. The lowest BCUT2D eigenvalue weighted by Crippen LogP contribution is -2.10. The molecule has 1 heterocycles. The average Bonchev–Trinajstić information content (AvgIpc) is 3.70. The van der Waals surface area contributed by atoms with Gasteiger partial charge in [0.1, 0.15) is 0 Å². The molecule has 0 aliphatic carbocycles. The predicted molar refractivity (Wildman–Crippen MR) is 272 cm³/mol. The minimum atomic E-state index is 1.08. The molecule has 0 aliphatic heterocycles. The lowest BCUT2D eigenvalue weighted by atomic mass is 9.89. The van der Waals surface area contributed by atoms with E-state index in [0.29, 0.717) is 0 Å². The van der Waals surface area contributed by atoms with E-state index in [2.05, 4.69) is 264 Å². The van der Waals surface area contributed by atoms with E-state index in [0.717, 1.165) is 33.8 Å². The molecule has 2 heteroatoms. The standard InChI is InChI=1S/C62H42N2/c1-3-18-43(19-4-1)51-28-9-11-30-55(51)56-31-12-10-29-53(56)45-21-15-25-48(40-45)63(50-37-39-60-59-32-13-14-35-61(59)64(62(60)42-50)47-23-5-2-6-24-47)49-26-16-22-46(41-49)54-33-17-34-57-52-27-8-7-20-44(52)36-38-58(54)57/h1-42H. The van der Waals surface area contributed by atoms with Gasteiger partial charge in [0.15, 0.2) is 0 Å². The van der Waals surface area contributed by atoms with E-state index in [-0.39, 0.29) is 0 Å². The van der Waals surface area contributed by atoms with Crippen molar-refractivity contribution in [1.82, 2.24) is 4.57 Å². The molecule has 12 aromatic rings. The molecule has 0 amide bonds. The van der Waals surface area contributed by atoms with E-state index in [1.165, 1.54) is 76.8 Å². The van der Waals surface area contributed by atoms with E-state index in [1.54, 1.807) is 0 Å². The number of anilines is 3. The SMILES string of the molecule is c1ccc(-c2ccccc2-c2ccccc2-c2cccc(N(c3cccc(-c4cccc5c4ccc4ccccc45)c3)c3ccc4c5ccccc5n(-c5ccccc5)c4c3)c2)cc1. The largest absolute Gasteiger partial charge is 0.310 e. The minimum absolute atomic E-state index is 1.08. The molecule has 11 aromatic carbocycles. The number of benzene rings is 11. The first-order valence-electron chi connectivity index (χ1n) is 22.0. The molecule has 0 N–H and O–H groups in total. The van der Waals surface area contributed by atoms with Gasteiger partial charge in [-0.3, -0.25) is 0 Å². The second kappa shape index (κ2) is 15.8. The number of nitrogens with zero attached hydrogens (tertiary/aromatic N) is 2. The van der Waals surface area contributed by atoms with Crippen LogP contribution in [0.3, 0.4) is 0 Å². The maximum atomic E-state index is 2.43. The number of rotatable bonds is 8. The highest BCUT2D eigenvalue weighted by Crippen LogP contribution is 2.44. The van der Waals surface area contributed by atoms with Crippen LogP contribution in [0.4, 0.5) is 17.1 Å². The number of hydrogen-bond donors (Lipinski definition) is 0. The zero-order valence-corrected chi connectivity index (χ0v) is 35.1. The maximum absolute atomic E-state index is 2.43. The summed E-state index contributed by atoms with van der Waals surface area (Å²) in [6.45, 7) is 0. The molecule has 0 unspecified atom stereocenters. The van der Waals surface area contributed by atoms with Crippen LogP contribution in [-0.2, 0) is 0 Å². The van der Waals surface area contributed by atoms with E-state index in [4.69, 9.17) is 0 Å². The summed E-state index contributed by atoms with van der Waals surface area (Å²) in [5.41, 5.74) is 16.3. The molecule has 12 rings (SSSR count). The van der Waals surface area contributed by atoms with E-state index < -0.39 is 0 Å². The van der Waals surface area contributed by atoms with Gasteiger partial charge in [0.2, 0.25) is 0 Å². The highest BCUT2D eigenvalue weighted by molar-refractivity contribution is 6.13. The van der Waals surface area contributed by atoms with Crippen LogP contribution < -0.4 is 4.90 Å². The van der Waals surface area contributed by atoms with Crippen LogP contribution in [0.25, 0.3) is 93.5 Å². The summed E-state index contributed by atoms with van der Waals surface area (Å²) in [6, 6.07) is 92.8. The van der Waals surface area contributed by atoms with Gasteiger partial charge in [0, 0.05) is 33.5 Å². The Labute approximate surface area is 373 Å². The Morgan fingerprint density at radius 3 is 1.47 bits per heavy atom. The monoisotopic (exact) mass is 814 g/mol. The first kappa shape index (κ1) is 37.3. The number of hydrogen-bond acceptors (Lipinski definition) is 1. The van der Waals surface area contributed by atoms with Gasteiger partial charge in [-0.2, -0.15) is 0 Å². The Kier molecular flexibility index (Phi) is 9.20. The molecule has 0 fully saturated rings. The van der Waals surface area contributed by atoms with Gasteiger partial charge in [-0.15, -0.1) is 0 Å². The third-order valence-corrected chi connectivity index (χ3v) is 12.8. The van der Waals surface area contributed by atoms with Crippen LogP contribution in [0.1, 0.15) is 0 Å². The molecule has 0 radical (unpaired) electrons. The van der Waals surface area contributed by atoms with Gasteiger partial charge < -0.3 is 9.47 Å². The number of para-hydroxylation sites is 2. The van der Waals surface area contributed by atoms with Crippen molar-refractivity contribution in [2.75, 3.05) is 4.90 Å². The third kappa shape index (κ3) is 6.44. The van der Waals surface area contributed by atoms with Crippen molar-refractivity contribution < 1.29 is 0 Å². The van der Waals surface area contributed by atoms with Gasteiger partial charge in [-0.25, -0.2) is 0 Å². The quantitative estimate of drug-likeness (QED) is 0.139. The van der Waals surface area contributed by atoms with Crippen LogP contribution in [0.15, 0.2) is 255 Å². The zero-order valence-electron chi connectivity index (χ0n) is 35.1. The number of fused-ring (bicyclic) bond motifs is 6. The van der Waals surface area contributed by atoms with E-state index in [1.807, 2.05) is 0 Å². The molecule has 64 heavy (non-hydrogen) atoms. The van der Waals surface area contributed by atoms with Crippen LogP contribution in [0.5, 0.6) is 0 Å². The summed E-state index contributed by atoms with van der Waals surface area (Å²) in [5, 5.41) is 7.48. The summed E-state index contributed by atoms with van der Waals surface area (Å²) < 4.78 is 2.40. The average molecular weight is 815 g/mol. The first-order chi connectivity index (χ1) is 31.8. The smallest absolute Gasteiger partial charge is 0.0561 e. The first-order valence-corrected chi connectivity index (χ1v) is 22.0. The van der Waals surface area contributed by atoms with Crippen molar-refractivity contribution in [1.29, 1.82) is 0 Å². The second-order valence-electron chi connectivity index (χ2n) is 16.5. The maximum Gasteiger partial charge on any atom is 0.0561 e. The predicted octanol–water partition coefficient (Wildman–Crippen LogP) is 17.2. The van der Waals surface area contributed by atoms with Gasteiger partial charge in [-0.05, 0) is 121 Å². The van der Waals surface area contributed by atoms with E-state index >= 15 is 0 Å². The van der Waals surface area contributed by atoms with Crippen LogP contribution in [0.2, 0.25) is 0 Å². The summed E-state index contributed by atoms with van der Waals surface area (Å²) >= 11 is 0. The Morgan fingerprint density at radius 2 is 0.734 bits per heavy atom. The van der Waals surface area contributed by atoms with Gasteiger partial charge in [0.25, 0.3) is 0 Å².